The molecule has 6 heteroatoms. The lowest BCUT2D eigenvalue weighted by atomic mass is 10.1. The SMILES string of the molecule is CC[C@@H](Oc1ccc(F)cc1)C(=O)Nc1ccccc1C(=O)OC. The van der Waals surface area contributed by atoms with Crippen LogP contribution in [0.2, 0.25) is 0 Å². The van der Waals surface area contributed by atoms with Crippen LogP contribution in [0.3, 0.4) is 0 Å². The maximum atomic E-state index is 12.9. The average Bonchev–Trinajstić information content (AvgIpc) is 2.61. The fourth-order valence-electron chi connectivity index (χ4n) is 2.09. The number of rotatable bonds is 6. The van der Waals surface area contributed by atoms with Crippen LogP contribution < -0.4 is 10.1 Å². The topological polar surface area (TPSA) is 64.6 Å². The normalized spacial score (nSPS) is 11.5. The van der Waals surface area contributed by atoms with Crippen LogP contribution in [0.15, 0.2) is 48.5 Å². The van der Waals surface area contributed by atoms with E-state index >= 15 is 0 Å². The zero-order valence-corrected chi connectivity index (χ0v) is 13.4. The number of carbonyl (C=O) groups is 2. The Bertz CT molecular complexity index is 715. The largest absolute Gasteiger partial charge is 0.481 e. The fraction of sp³-hybridized carbons (Fsp3) is 0.222. The van der Waals surface area contributed by atoms with E-state index in [4.69, 9.17) is 9.47 Å². The van der Waals surface area contributed by atoms with Gasteiger partial charge in [-0.3, -0.25) is 4.79 Å². The molecule has 24 heavy (non-hydrogen) atoms. The van der Waals surface area contributed by atoms with E-state index in [0.717, 1.165) is 0 Å². The number of hydrogen-bond acceptors (Lipinski definition) is 4. The van der Waals surface area contributed by atoms with Gasteiger partial charge in [-0.15, -0.1) is 0 Å². The standard InChI is InChI=1S/C18H18FNO4/c1-3-16(24-13-10-8-12(19)9-11-13)17(21)20-15-7-5-4-6-14(15)18(22)23-2/h4-11,16H,3H2,1-2H3,(H,20,21)/t16-/m1/s1. The molecule has 0 aliphatic rings. The molecule has 0 bridgehead atoms. The van der Waals surface area contributed by atoms with Gasteiger partial charge in [0.15, 0.2) is 6.10 Å². The lowest BCUT2D eigenvalue weighted by Crippen LogP contribution is -2.33. The van der Waals surface area contributed by atoms with Gasteiger partial charge in [0.25, 0.3) is 5.91 Å². The van der Waals surface area contributed by atoms with Crippen LogP contribution in [0.5, 0.6) is 5.75 Å². The minimum absolute atomic E-state index is 0.255. The minimum atomic E-state index is -0.777. The van der Waals surface area contributed by atoms with Crippen molar-refractivity contribution < 1.29 is 23.5 Å². The molecule has 1 atom stereocenters. The molecule has 0 spiro atoms. The van der Waals surface area contributed by atoms with Crippen LogP contribution in [0.4, 0.5) is 10.1 Å². The molecular weight excluding hydrogens is 313 g/mol. The molecule has 0 aliphatic heterocycles. The summed E-state index contributed by atoms with van der Waals surface area (Å²) in [7, 11) is 1.27. The first-order valence-electron chi connectivity index (χ1n) is 7.45. The number of methoxy groups -OCH3 is 1. The van der Waals surface area contributed by atoms with Gasteiger partial charge in [-0.05, 0) is 42.8 Å². The predicted octanol–water partition coefficient (Wildman–Crippen LogP) is 3.41. The number of ether oxygens (including phenoxy) is 2. The van der Waals surface area contributed by atoms with Crippen molar-refractivity contribution in [2.45, 2.75) is 19.4 Å². The van der Waals surface area contributed by atoms with E-state index < -0.39 is 18.0 Å². The third-order valence-corrected chi connectivity index (χ3v) is 3.35. The Hall–Kier alpha value is -2.89. The molecule has 0 unspecified atom stereocenters. The number of benzene rings is 2. The van der Waals surface area contributed by atoms with E-state index in [1.54, 1.807) is 31.2 Å². The number of nitrogens with one attached hydrogen (secondary N) is 1. The van der Waals surface area contributed by atoms with Crippen molar-refractivity contribution in [1.29, 1.82) is 0 Å². The zero-order chi connectivity index (χ0) is 17.5. The molecule has 0 fully saturated rings. The summed E-state index contributed by atoms with van der Waals surface area (Å²) >= 11 is 0. The average molecular weight is 331 g/mol. The molecule has 2 aromatic carbocycles. The summed E-state index contributed by atoms with van der Waals surface area (Å²) in [5.74, 6) is -0.942. The highest BCUT2D eigenvalue weighted by atomic mass is 19.1. The number of halogens is 1. The quantitative estimate of drug-likeness (QED) is 0.824. The molecule has 126 valence electrons. The van der Waals surface area contributed by atoms with Crippen molar-refractivity contribution in [3.8, 4) is 5.75 Å². The third kappa shape index (κ3) is 4.32. The van der Waals surface area contributed by atoms with Gasteiger partial charge in [0, 0.05) is 0 Å². The Kier molecular flexibility index (Phi) is 5.89. The summed E-state index contributed by atoms with van der Waals surface area (Å²) < 4.78 is 23.2. The molecule has 1 N–H and O–H groups in total. The maximum absolute atomic E-state index is 12.9. The molecule has 0 aliphatic carbocycles. The molecule has 0 heterocycles. The Morgan fingerprint density at radius 2 is 1.79 bits per heavy atom. The van der Waals surface area contributed by atoms with Crippen LogP contribution in [-0.4, -0.2) is 25.1 Å². The summed E-state index contributed by atoms with van der Waals surface area (Å²) in [6.07, 6.45) is -0.370. The highest BCUT2D eigenvalue weighted by Crippen LogP contribution is 2.19. The monoisotopic (exact) mass is 331 g/mol. The van der Waals surface area contributed by atoms with Crippen LogP contribution in [-0.2, 0) is 9.53 Å². The van der Waals surface area contributed by atoms with Crippen LogP contribution in [0.1, 0.15) is 23.7 Å². The second kappa shape index (κ2) is 8.10. The van der Waals surface area contributed by atoms with Crippen molar-refractivity contribution in [2.24, 2.45) is 0 Å². The van der Waals surface area contributed by atoms with Gasteiger partial charge in [-0.2, -0.15) is 0 Å². The molecule has 0 radical (unpaired) electrons. The van der Waals surface area contributed by atoms with Crippen LogP contribution in [0, 0.1) is 5.82 Å². The summed E-state index contributed by atoms with van der Waals surface area (Å²) in [5.41, 5.74) is 0.598. The first kappa shape index (κ1) is 17.5. The number of hydrogen-bond donors (Lipinski definition) is 1. The van der Waals surface area contributed by atoms with E-state index in [2.05, 4.69) is 5.32 Å². The lowest BCUT2D eigenvalue weighted by Gasteiger charge is -2.18. The molecule has 5 nitrogen and oxygen atoms in total. The zero-order valence-electron chi connectivity index (χ0n) is 13.4. The number of carbonyl (C=O) groups excluding carboxylic acids is 2. The number of anilines is 1. The van der Waals surface area contributed by atoms with Crippen LogP contribution in [0.25, 0.3) is 0 Å². The smallest absolute Gasteiger partial charge is 0.339 e. The summed E-state index contributed by atoms with van der Waals surface area (Å²) in [6, 6.07) is 12.0. The Labute approximate surface area is 139 Å². The second-order valence-electron chi connectivity index (χ2n) is 5.00. The Morgan fingerprint density at radius 3 is 2.42 bits per heavy atom. The van der Waals surface area contributed by atoms with E-state index in [-0.39, 0.29) is 11.4 Å². The summed E-state index contributed by atoms with van der Waals surface area (Å²) in [4.78, 5) is 24.2. The van der Waals surface area contributed by atoms with Crippen molar-refractivity contribution in [1.82, 2.24) is 0 Å². The van der Waals surface area contributed by atoms with E-state index in [1.165, 1.54) is 31.4 Å². The molecule has 2 rings (SSSR count). The number of esters is 1. The van der Waals surface area contributed by atoms with Crippen molar-refractivity contribution in [3.63, 3.8) is 0 Å². The van der Waals surface area contributed by atoms with E-state index in [0.29, 0.717) is 17.9 Å². The first-order chi connectivity index (χ1) is 11.5. The van der Waals surface area contributed by atoms with Gasteiger partial charge < -0.3 is 14.8 Å². The van der Waals surface area contributed by atoms with E-state index in [1.807, 2.05) is 0 Å². The number of para-hydroxylation sites is 1. The molecule has 0 saturated heterocycles. The van der Waals surface area contributed by atoms with Gasteiger partial charge in [0.05, 0.1) is 18.4 Å². The second-order valence-corrected chi connectivity index (χ2v) is 5.00. The minimum Gasteiger partial charge on any atom is -0.481 e. The third-order valence-electron chi connectivity index (χ3n) is 3.35. The van der Waals surface area contributed by atoms with Gasteiger partial charge in [-0.1, -0.05) is 19.1 Å². The van der Waals surface area contributed by atoms with Gasteiger partial charge >= 0.3 is 5.97 Å². The summed E-state index contributed by atoms with van der Waals surface area (Å²) in [6.45, 7) is 1.79. The van der Waals surface area contributed by atoms with Crippen molar-refractivity contribution in [2.75, 3.05) is 12.4 Å². The molecule has 0 aromatic heterocycles. The molecular formula is C18H18FNO4. The van der Waals surface area contributed by atoms with Gasteiger partial charge in [-0.25, -0.2) is 9.18 Å². The van der Waals surface area contributed by atoms with Crippen molar-refractivity contribution in [3.05, 3.63) is 59.9 Å². The van der Waals surface area contributed by atoms with Crippen LogP contribution >= 0.6 is 0 Å². The maximum Gasteiger partial charge on any atom is 0.339 e. The summed E-state index contributed by atoms with van der Waals surface area (Å²) in [5, 5.41) is 2.67. The highest BCUT2D eigenvalue weighted by molar-refractivity contribution is 6.02. The Morgan fingerprint density at radius 1 is 1.12 bits per heavy atom. The van der Waals surface area contributed by atoms with E-state index in [9.17, 15) is 14.0 Å². The fourth-order valence-corrected chi connectivity index (χ4v) is 2.09. The lowest BCUT2D eigenvalue weighted by molar-refractivity contribution is -0.122. The molecule has 2 aromatic rings. The molecule has 0 saturated carbocycles. The Balaban J connectivity index is 2.12. The highest BCUT2D eigenvalue weighted by Gasteiger charge is 2.21. The number of amides is 1. The van der Waals surface area contributed by atoms with Crippen molar-refractivity contribution >= 4 is 17.6 Å². The predicted molar refractivity (Wildman–Crippen MR) is 87.5 cm³/mol. The van der Waals surface area contributed by atoms with Gasteiger partial charge in [0.2, 0.25) is 0 Å². The van der Waals surface area contributed by atoms with Gasteiger partial charge in [0.1, 0.15) is 11.6 Å². The first-order valence-corrected chi connectivity index (χ1v) is 7.45. The molecule has 1 amide bonds.